The van der Waals surface area contributed by atoms with Crippen LogP contribution in [-0.4, -0.2) is 17.0 Å². The number of nitrogens with one attached hydrogen (secondary N) is 1. The SMILES string of the molecule is CNC1CCCc2nc(-c3cc(C)c(Br)c(C)c3)ncc21. The summed E-state index contributed by atoms with van der Waals surface area (Å²) in [6.07, 6.45) is 5.41. The van der Waals surface area contributed by atoms with Crippen LogP contribution in [0.2, 0.25) is 0 Å². The molecule has 0 aliphatic heterocycles. The lowest BCUT2D eigenvalue weighted by molar-refractivity contribution is 0.488. The Bertz CT molecular complexity index is 659. The van der Waals surface area contributed by atoms with Crippen LogP contribution in [0.15, 0.2) is 22.8 Å². The van der Waals surface area contributed by atoms with Crippen molar-refractivity contribution in [1.29, 1.82) is 0 Å². The van der Waals surface area contributed by atoms with E-state index in [1.807, 2.05) is 13.2 Å². The second-order valence-electron chi connectivity index (χ2n) is 5.75. The largest absolute Gasteiger partial charge is 0.313 e. The summed E-state index contributed by atoms with van der Waals surface area (Å²) in [6.45, 7) is 4.21. The lowest BCUT2D eigenvalue weighted by atomic mass is 9.92. The Morgan fingerprint density at radius 2 is 1.95 bits per heavy atom. The van der Waals surface area contributed by atoms with Crippen LogP contribution in [0.25, 0.3) is 11.4 Å². The molecule has 1 heterocycles. The fourth-order valence-corrected chi connectivity index (χ4v) is 3.29. The van der Waals surface area contributed by atoms with Gasteiger partial charge in [0.25, 0.3) is 0 Å². The molecule has 21 heavy (non-hydrogen) atoms. The topological polar surface area (TPSA) is 37.8 Å². The minimum Gasteiger partial charge on any atom is -0.313 e. The normalized spacial score (nSPS) is 17.6. The van der Waals surface area contributed by atoms with Gasteiger partial charge in [-0.2, -0.15) is 0 Å². The molecule has 1 aliphatic rings. The van der Waals surface area contributed by atoms with Crippen LogP contribution < -0.4 is 5.32 Å². The molecule has 1 atom stereocenters. The molecule has 3 nitrogen and oxygen atoms in total. The van der Waals surface area contributed by atoms with Crippen LogP contribution in [0.1, 0.15) is 41.3 Å². The molecule has 0 saturated heterocycles. The van der Waals surface area contributed by atoms with E-state index >= 15 is 0 Å². The van der Waals surface area contributed by atoms with Crippen molar-refractivity contribution in [1.82, 2.24) is 15.3 Å². The summed E-state index contributed by atoms with van der Waals surface area (Å²) in [5.41, 5.74) is 6.00. The van der Waals surface area contributed by atoms with Crippen molar-refractivity contribution < 1.29 is 0 Å². The molecule has 1 aromatic carbocycles. The molecule has 1 N–H and O–H groups in total. The average Bonchev–Trinajstić information content (AvgIpc) is 2.50. The van der Waals surface area contributed by atoms with Crippen LogP contribution in [-0.2, 0) is 6.42 Å². The van der Waals surface area contributed by atoms with Gasteiger partial charge in [-0.1, -0.05) is 15.9 Å². The molecule has 0 saturated carbocycles. The van der Waals surface area contributed by atoms with Gasteiger partial charge in [-0.3, -0.25) is 0 Å². The zero-order valence-corrected chi connectivity index (χ0v) is 14.3. The summed E-state index contributed by atoms with van der Waals surface area (Å²) < 4.78 is 1.17. The van der Waals surface area contributed by atoms with Crippen molar-refractivity contribution in [2.75, 3.05) is 7.05 Å². The van der Waals surface area contributed by atoms with Gasteiger partial charge >= 0.3 is 0 Å². The smallest absolute Gasteiger partial charge is 0.159 e. The maximum atomic E-state index is 4.83. The minimum absolute atomic E-state index is 0.399. The quantitative estimate of drug-likeness (QED) is 0.889. The Balaban J connectivity index is 2.05. The molecule has 4 heteroatoms. The molecule has 1 aromatic heterocycles. The highest BCUT2D eigenvalue weighted by molar-refractivity contribution is 9.10. The van der Waals surface area contributed by atoms with Gasteiger partial charge in [0.2, 0.25) is 0 Å². The van der Waals surface area contributed by atoms with Crippen LogP contribution in [0.3, 0.4) is 0 Å². The molecule has 0 spiro atoms. The van der Waals surface area contributed by atoms with E-state index in [-0.39, 0.29) is 0 Å². The summed E-state index contributed by atoms with van der Waals surface area (Å²) in [7, 11) is 2.01. The van der Waals surface area contributed by atoms with Crippen molar-refractivity contribution in [3.05, 3.63) is 45.2 Å². The van der Waals surface area contributed by atoms with Crippen LogP contribution in [0.4, 0.5) is 0 Å². The zero-order chi connectivity index (χ0) is 15.0. The van der Waals surface area contributed by atoms with Gasteiger partial charge in [0, 0.05) is 33.5 Å². The van der Waals surface area contributed by atoms with Crippen LogP contribution in [0.5, 0.6) is 0 Å². The van der Waals surface area contributed by atoms with Crippen molar-refractivity contribution in [2.45, 2.75) is 39.2 Å². The standard InChI is InChI=1S/C17H20BrN3/c1-10-7-12(8-11(2)16(10)18)17-20-9-13-14(19-3)5-4-6-15(13)21-17/h7-9,14,19H,4-6H2,1-3H3. The van der Waals surface area contributed by atoms with Crippen LogP contribution >= 0.6 is 15.9 Å². The number of rotatable bonds is 2. The van der Waals surface area contributed by atoms with Gasteiger partial charge in [0.05, 0.1) is 0 Å². The van der Waals surface area contributed by atoms with Crippen molar-refractivity contribution in [3.8, 4) is 11.4 Å². The molecule has 1 unspecified atom stereocenters. The zero-order valence-electron chi connectivity index (χ0n) is 12.7. The Labute approximate surface area is 134 Å². The first kappa shape index (κ1) is 14.7. The fourth-order valence-electron chi connectivity index (χ4n) is 3.06. The Morgan fingerprint density at radius 3 is 2.62 bits per heavy atom. The predicted octanol–water partition coefficient (Wildman–Crippen LogP) is 4.12. The summed E-state index contributed by atoms with van der Waals surface area (Å²) in [6, 6.07) is 4.70. The highest BCUT2D eigenvalue weighted by Gasteiger charge is 2.21. The molecule has 3 rings (SSSR count). The number of fused-ring (bicyclic) bond motifs is 1. The van der Waals surface area contributed by atoms with E-state index in [9.17, 15) is 0 Å². The number of aromatic nitrogens is 2. The number of halogens is 1. The summed E-state index contributed by atoms with van der Waals surface area (Å²) in [4.78, 5) is 9.43. The summed E-state index contributed by atoms with van der Waals surface area (Å²) in [5, 5.41) is 3.36. The fraction of sp³-hybridized carbons (Fsp3) is 0.412. The first-order chi connectivity index (χ1) is 10.1. The van der Waals surface area contributed by atoms with Crippen LogP contribution in [0, 0.1) is 13.8 Å². The van der Waals surface area contributed by atoms with E-state index in [2.05, 4.69) is 52.2 Å². The van der Waals surface area contributed by atoms with Crippen molar-refractivity contribution >= 4 is 15.9 Å². The third kappa shape index (κ3) is 2.74. The lowest BCUT2D eigenvalue weighted by Gasteiger charge is -2.24. The van der Waals surface area contributed by atoms with E-state index in [0.717, 1.165) is 17.8 Å². The Morgan fingerprint density at radius 1 is 1.24 bits per heavy atom. The van der Waals surface area contributed by atoms with E-state index in [4.69, 9.17) is 4.98 Å². The first-order valence-corrected chi connectivity index (χ1v) is 8.19. The molecule has 1 aliphatic carbocycles. The maximum Gasteiger partial charge on any atom is 0.159 e. The highest BCUT2D eigenvalue weighted by atomic mass is 79.9. The predicted molar refractivity (Wildman–Crippen MR) is 89.4 cm³/mol. The number of hydrogen-bond donors (Lipinski definition) is 1. The van der Waals surface area contributed by atoms with Gasteiger partial charge in [-0.25, -0.2) is 9.97 Å². The average molecular weight is 346 g/mol. The van der Waals surface area contributed by atoms with E-state index < -0.39 is 0 Å². The maximum absolute atomic E-state index is 4.83. The minimum atomic E-state index is 0.399. The van der Waals surface area contributed by atoms with Gasteiger partial charge < -0.3 is 5.32 Å². The van der Waals surface area contributed by atoms with E-state index in [0.29, 0.717) is 6.04 Å². The second kappa shape index (κ2) is 5.85. The summed E-state index contributed by atoms with van der Waals surface area (Å²) in [5.74, 6) is 0.837. The number of nitrogens with zero attached hydrogens (tertiary/aromatic N) is 2. The van der Waals surface area contributed by atoms with Gasteiger partial charge in [0.15, 0.2) is 5.82 Å². The number of aryl methyl sites for hydroxylation is 3. The summed E-state index contributed by atoms with van der Waals surface area (Å²) >= 11 is 3.61. The highest BCUT2D eigenvalue weighted by Crippen LogP contribution is 2.31. The Kier molecular flexibility index (Phi) is 4.09. The molecule has 0 fully saturated rings. The van der Waals surface area contributed by atoms with Gasteiger partial charge in [-0.05, 0) is 63.4 Å². The lowest BCUT2D eigenvalue weighted by Crippen LogP contribution is -2.22. The Hall–Kier alpha value is -1.26. The number of benzene rings is 1. The van der Waals surface area contributed by atoms with Gasteiger partial charge in [0.1, 0.15) is 0 Å². The monoisotopic (exact) mass is 345 g/mol. The molecule has 0 amide bonds. The van der Waals surface area contributed by atoms with Crippen molar-refractivity contribution in [3.63, 3.8) is 0 Å². The molecular formula is C17H20BrN3. The van der Waals surface area contributed by atoms with E-state index in [1.165, 1.54) is 39.7 Å². The molecule has 0 bridgehead atoms. The third-order valence-electron chi connectivity index (χ3n) is 4.22. The molecule has 0 radical (unpaired) electrons. The molecule has 2 aromatic rings. The van der Waals surface area contributed by atoms with Gasteiger partial charge in [-0.15, -0.1) is 0 Å². The number of hydrogen-bond acceptors (Lipinski definition) is 3. The molecule has 110 valence electrons. The third-order valence-corrected chi connectivity index (χ3v) is 5.48. The van der Waals surface area contributed by atoms with E-state index in [1.54, 1.807) is 0 Å². The first-order valence-electron chi connectivity index (χ1n) is 7.40. The second-order valence-corrected chi connectivity index (χ2v) is 6.55. The molecular weight excluding hydrogens is 326 g/mol. The van der Waals surface area contributed by atoms with Crippen molar-refractivity contribution in [2.24, 2.45) is 0 Å².